The molecule has 134 valence electrons. The average Bonchev–Trinajstić information content (AvgIpc) is 2.54. The van der Waals surface area contributed by atoms with E-state index in [1.54, 1.807) is 0 Å². The van der Waals surface area contributed by atoms with E-state index in [-0.39, 0.29) is 17.9 Å². The predicted molar refractivity (Wildman–Crippen MR) is 87.8 cm³/mol. The monoisotopic (exact) mass is 342 g/mol. The van der Waals surface area contributed by atoms with Gasteiger partial charge >= 0.3 is 6.18 Å². The Bertz CT molecular complexity index is 548. The normalized spacial score (nSPS) is 18.4. The molecule has 0 bridgehead atoms. The summed E-state index contributed by atoms with van der Waals surface area (Å²) in [5, 5.41) is 0. The van der Waals surface area contributed by atoms with Crippen molar-refractivity contribution in [3.8, 4) is 0 Å². The summed E-state index contributed by atoms with van der Waals surface area (Å²) < 4.78 is 37.8. The molecule has 1 aliphatic rings. The minimum Gasteiger partial charge on any atom is -0.343 e. The van der Waals surface area contributed by atoms with E-state index in [2.05, 4.69) is 11.9 Å². The lowest BCUT2D eigenvalue weighted by atomic mass is 9.95. The lowest BCUT2D eigenvalue weighted by Crippen LogP contribution is -2.44. The number of hydrogen-bond donors (Lipinski definition) is 0. The fraction of sp³-hybridized carbons (Fsp3) is 0.611. The smallest absolute Gasteiger partial charge is 0.343 e. The molecular formula is C18H25F3N2O. The maximum atomic E-state index is 12.6. The fourth-order valence-corrected chi connectivity index (χ4v) is 3.11. The third kappa shape index (κ3) is 4.72. The topological polar surface area (TPSA) is 23.6 Å². The number of rotatable bonds is 4. The Morgan fingerprint density at radius 2 is 1.79 bits per heavy atom. The third-order valence-corrected chi connectivity index (χ3v) is 4.92. The summed E-state index contributed by atoms with van der Waals surface area (Å²) in [7, 11) is 3.91. The van der Waals surface area contributed by atoms with E-state index < -0.39 is 11.7 Å². The first-order valence-electron chi connectivity index (χ1n) is 8.30. The zero-order chi connectivity index (χ0) is 17.9. The van der Waals surface area contributed by atoms with Gasteiger partial charge in [-0.25, -0.2) is 0 Å². The Balaban J connectivity index is 1.93. The highest BCUT2D eigenvalue weighted by atomic mass is 19.4. The van der Waals surface area contributed by atoms with E-state index in [0.717, 1.165) is 43.6 Å². The van der Waals surface area contributed by atoms with Gasteiger partial charge in [0.05, 0.1) is 5.56 Å². The van der Waals surface area contributed by atoms with E-state index >= 15 is 0 Å². The van der Waals surface area contributed by atoms with Crippen LogP contribution in [0.3, 0.4) is 0 Å². The molecule has 0 radical (unpaired) electrons. The van der Waals surface area contributed by atoms with Crippen molar-refractivity contribution >= 4 is 5.91 Å². The van der Waals surface area contributed by atoms with Gasteiger partial charge in [0, 0.05) is 19.5 Å². The SMILES string of the molecule is C[C@H](CC(=O)N(C)C1CCN(C)CC1)c1ccc(C(F)(F)F)cc1. The van der Waals surface area contributed by atoms with Gasteiger partial charge in [0.1, 0.15) is 0 Å². The van der Waals surface area contributed by atoms with E-state index in [1.807, 2.05) is 18.9 Å². The van der Waals surface area contributed by atoms with Crippen LogP contribution < -0.4 is 0 Å². The lowest BCUT2D eigenvalue weighted by Gasteiger charge is -2.35. The zero-order valence-corrected chi connectivity index (χ0v) is 14.4. The van der Waals surface area contributed by atoms with Crippen molar-refractivity contribution in [1.29, 1.82) is 0 Å². The second kappa shape index (κ2) is 7.55. The average molecular weight is 342 g/mol. The van der Waals surface area contributed by atoms with Crippen LogP contribution in [-0.4, -0.2) is 48.9 Å². The molecule has 1 aromatic carbocycles. The Hall–Kier alpha value is -1.56. The summed E-state index contributed by atoms with van der Waals surface area (Å²) in [6.07, 6.45) is -2.08. The van der Waals surface area contributed by atoms with Crippen LogP contribution in [0.15, 0.2) is 24.3 Å². The van der Waals surface area contributed by atoms with Gasteiger partial charge in [-0.3, -0.25) is 4.79 Å². The summed E-state index contributed by atoms with van der Waals surface area (Å²) >= 11 is 0. The van der Waals surface area contributed by atoms with Gasteiger partial charge in [0.15, 0.2) is 0 Å². The Morgan fingerprint density at radius 1 is 1.25 bits per heavy atom. The standard InChI is InChI=1S/C18H25F3N2O/c1-13(14-4-6-15(7-5-14)18(19,20)21)12-17(24)23(3)16-8-10-22(2)11-9-16/h4-7,13,16H,8-12H2,1-3H3/t13-/m1/s1. The number of carbonyl (C=O) groups excluding carboxylic acids is 1. The third-order valence-electron chi connectivity index (χ3n) is 4.92. The molecular weight excluding hydrogens is 317 g/mol. The molecule has 1 amide bonds. The summed E-state index contributed by atoms with van der Waals surface area (Å²) in [5.74, 6) is -0.0505. The zero-order valence-electron chi connectivity index (χ0n) is 14.4. The largest absolute Gasteiger partial charge is 0.416 e. The first-order chi connectivity index (χ1) is 11.2. The quantitative estimate of drug-likeness (QED) is 0.832. The van der Waals surface area contributed by atoms with E-state index in [1.165, 1.54) is 12.1 Å². The highest BCUT2D eigenvalue weighted by molar-refractivity contribution is 5.77. The molecule has 1 heterocycles. The fourth-order valence-electron chi connectivity index (χ4n) is 3.11. The van der Waals surface area contributed by atoms with Crippen molar-refractivity contribution in [3.05, 3.63) is 35.4 Å². The highest BCUT2D eigenvalue weighted by Crippen LogP contribution is 2.31. The van der Waals surface area contributed by atoms with Gasteiger partial charge in [-0.05, 0) is 56.6 Å². The van der Waals surface area contributed by atoms with Crippen LogP contribution in [0.1, 0.15) is 43.2 Å². The van der Waals surface area contributed by atoms with E-state index in [0.29, 0.717) is 6.42 Å². The van der Waals surface area contributed by atoms with Crippen molar-refractivity contribution < 1.29 is 18.0 Å². The molecule has 3 nitrogen and oxygen atoms in total. The predicted octanol–water partition coefficient (Wildman–Crippen LogP) is 3.75. The molecule has 1 fully saturated rings. The van der Waals surface area contributed by atoms with E-state index in [4.69, 9.17) is 0 Å². The number of benzene rings is 1. The van der Waals surface area contributed by atoms with Crippen molar-refractivity contribution in [2.24, 2.45) is 0 Å². The number of likely N-dealkylation sites (tertiary alicyclic amines) is 1. The summed E-state index contributed by atoms with van der Waals surface area (Å²) in [6.45, 7) is 3.84. The van der Waals surface area contributed by atoms with Gasteiger partial charge < -0.3 is 9.80 Å². The Labute approximate surface area is 141 Å². The molecule has 0 spiro atoms. The molecule has 0 saturated carbocycles. The van der Waals surface area contributed by atoms with Crippen LogP contribution in [0.4, 0.5) is 13.2 Å². The van der Waals surface area contributed by atoms with Crippen molar-refractivity contribution in [1.82, 2.24) is 9.80 Å². The lowest BCUT2D eigenvalue weighted by molar-refractivity contribution is -0.137. The molecule has 6 heteroatoms. The molecule has 0 N–H and O–H groups in total. The maximum absolute atomic E-state index is 12.6. The number of carbonyl (C=O) groups is 1. The summed E-state index contributed by atoms with van der Waals surface area (Å²) in [5.41, 5.74) is 0.0985. The Kier molecular flexibility index (Phi) is 5.91. The Morgan fingerprint density at radius 3 is 2.29 bits per heavy atom. The van der Waals surface area contributed by atoms with Gasteiger partial charge in [0.25, 0.3) is 0 Å². The molecule has 1 aliphatic heterocycles. The van der Waals surface area contributed by atoms with Crippen LogP contribution in [0.25, 0.3) is 0 Å². The second-order valence-electron chi connectivity index (χ2n) is 6.76. The van der Waals surface area contributed by atoms with Crippen LogP contribution >= 0.6 is 0 Å². The molecule has 1 saturated heterocycles. The maximum Gasteiger partial charge on any atom is 0.416 e. The number of alkyl halides is 3. The van der Waals surface area contributed by atoms with Crippen molar-refractivity contribution in [2.75, 3.05) is 27.2 Å². The van der Waals surface area contributed by atoms with Crippen molar-refractivity contribution in [2.45, 2.75) is 44.3 Å². The summed E-state index contributed by atoms with van der Waals surface area (Å²) in [6, 6.07) is 5.36. The molecule has 1 aromatic rings. The minimum atomic E-state index is -4.33. The minimum absolute atomic E-state index is 0.0527. The number of nitrogens with zero attached hydrogens (tertiary/aromatic N) is 2. The molecule has 0 unspecified atom stereocenters. The van der Waals surface area contributed by atoms with Crippen LogP contribution in [0.2, 0.25) is 0 Å². The number of piperidine rings is 1. The number of hydrogen-bond acceptors (Lipinski definition) is 2. The second-order valence-corrected chi connectivity index (χ2v) is 6.76. The van der Waals surface area contributed by atoms with E-state index in [9.17, 15) is 18.0 Å². The van der Waals surface area contributed by atoms with Gasteiger partial charge in [-0.15, -0.1) is 0 Å². The van der Waals surface area contributed by atoms with Gasteiger partial charge in [-0.2, -0.15) is 13.2 Å². The number of halogens is 3. The molecule has 0 aromatic heterocycles. The molecule has 24 heavy (non-hydrogen) atoms. The number of amides is 1. The van der Waals surface area contributed by atoms with Gasteiger partial charge in [-0.1, -0.05) is 19.1 Å². The van der Waals surface area contributed by atoms with Gasteiger partial charge in [0.2, 0.25) is 5.91 Å². The first-order valence-corrected chi connectivity index (χ1v) is 8.30. The molecule has 1 atom stereocenters. The van der Waals surface area contributed by atoms with Crippen LogP contribution in [-0.2, 0) is 11.0 Å². The van der Waals surface area contributed by atoms with Crippen LogP contribution in [0, 0.1) is 0 Å². The summed E-state index contributed by atoms with van der Waals surface area (Å²) in [4.78, 5) is 16.5. The first kappa shape index (κ1) is 18.8. The van der Waals surface area contributed by atoms with Crippen LogP contribution in [0.5, 0.6) is 0 Å². The highest BCUT2D eigenvalue weighted by Gasteiger charge is 2.30. The molecule has 0 aliphatic carbocycles. The molecule has 2 rings (SSSR count). The van der Waals surface area contributed by atoms with Crippen molar-refractivity contribution in [3.63, 3.8) is 0 Å².